The molecule has 0 bridgehead atoms. The van der Waals surface area contributed by atoms with Gasteiger partial charge < -0.3 is 56.8 Å². The minimum atomic E-state index is -1.42. The number of nitro groups is 1. The first-order chi connectivity index (χ1) is 38.3. The van der Waals surface area contributed by atoms with E-state index in [0.29, 0.717) is 11.1 Å². The topological polar surface area (TPSA) is 277 Å². The van der Waals surface area contributed by atoms with Crippen LogP contribution < -0.4 is 0 Å². The maximum Gasteiger partial charge on any atom is 0.331 e. The maximum absolute atomic E-state index is 14.7. The van der Waals surface area contributed by atoms with Crippen molar-refractivity contribution in [3.63, 3.8) is 0 Å². The molecule has 1 aromatic carbocycles. The molecule has 1 aromatic rings. The first-order valence-electron chi connectivity index (χ1n) is 27.2. The Morgan fingerprint density at radius 1 is 0.765 bits per heavy atom. The summed E-state index contributed by atoms with van der Waals surface area (Å²) in [5.41, 5.74) is 0.857. The quantitative estimate of drug-likeness (QED) is 0.0451. The second-order valence-electron chi connectivity index (χ2n) is 20.7. The molecule has 0 aromatic heterocycles. The molecule has 0 spiro atoms. The Hall–Kier alpha value is -6.21. The summed E-state index contributed by atoms with van der Waals surface area (Å²) in [7, 11) is 6.28. The fourth-order valence-electron chi connectivity index (χ4n) is 10.3. The van der Waals surface area contributed by atoms with Gasteiger partial charge in [-0.25, -0.2) is 9.59 Å². The third-order valence-corrected chi connectivity index (χ3v) is 14.3. The van der Waals surface area contributed by atoms with Crippen molar-refractivity contribution < 1.29 is 95.3 Å². The van der Waals surface area contributed by atoms with Gasteiger partial charge in [-0.05, 0) is 96.8 Å². The van der Waals surface area contributed by atoms with E-state index in [-0.39, 0.29) is 43.9 Å². The molecule has 3 aliphatic rings. The van der Waals surface area contributed by atoms with Crippen LogP contribution in [0.3, 0.4) is 0 Å². The second kappa shape index (κ2) is 32.4. The number of benzene rings is 1. The molecule has 17 atom stereocenters. The van der Waals surface area contributed by atoms with Crippen LogP contribution in [0.2, 0.25) is 0 Å². The SMILES string of the molecule is CCOC(=O)/C=C/C[C@H]1C[C@@H](C)C(=O)/C=C/C(C)=C/[C@H](CO[C@@H]2O[C@H](C)[C@@H](OC(C)=O)[C@@H](OC)[C@H]2OC)[C@@H](CC)OC(=O)C[C@@H](OC(=O)/C=C/c2ccc([N+](=O)[O-])cc2)[C@H](C)[C@H]1O[C@H]1O[C@@H](C)[C@H](OC(C)=O)[C@@H](N(C)C)[C@@H]1OC(C)=O. The Balaban J connectivity index is 1.91. The Morgan fingerprint density at radius 2 is 1.37 bits per heavy atom. The molecule has 3 heterocycles. The number of allylic oxidation sites excluding steroid dienone is 4. The number of carbonyl (C=O) groups is 7. The average Bonchev–Trinajstić information content (AvgIpc) is 3.40. The summed E-state index contributed by atoms with van der Waals surface area (Å²) < 4.78 is 72.7. The van der Waals surface area contributed by atoms with Crippen LogP contribution in [-0.4, -0.2) is 173 Å². The fraction of sp³-hybridized carbons (Fsp3) is 0.638. The van der Waals surface area contributed by atoms with E-state index in [1.54, 1.807) is 85.7 Å². The standard InChI is InChI=1S/C58H82N2O21/c1-15-45-42(31-73-57-56(71-14)55(70-13)53(36(7)74-57)77-38(9)62)28-32(3)20-26-44(64)33(4)29-41(18-17-19-47(65)72-16-2)51(81-58-54(78-39(10)63)50(59(11)12)52(35(6)75-58)76-37(8)61)34(5)46(30-49(67)79-45)80-48(66)27-23-40-21-24-43(25-22-40)60(68)69/h17,19-28,33-36,41-42,45-46,50-58H,15-16,18,29-31H2,1-14H3/b19-17+,26-20+,27-23+,32-28+/t33-,34+,35+,36-,41+,42-,45-,46-,50-,51-,52+,53-,54+,55-,56-,57-,58-/m1/s1. The number of hydrogen-bond donors (Lipinski definition) is 0. The number of nitro benzene ring substituents is 1. The summed E-state index contributed by atoms with van der Waals surface area (Å²) in [6.07, 6.45) is -2.30. The Bertz CT molecular complexity index is 2420. The van der Waals surface area contributed by atoms with Gasteiger partial charge in [0, 0.05) is 77.0 Å². The van der Waals surface area contributed by atoms with E-state index < -0.39 is 150 Å². The lowest BCUT2D eigenvalue weighted by atomic mass is 9.79. The molecule has 3 aliphatic heterocycles. The summed E-state index contributed by atoms with van der Waals surface area (Å²) in [6, 6.07) is 4.57. The van der Waals surface area contributed by atoms with Gasteiger partial charge in [0.15, 0.2) is 30.6 Å². The molecule has 0 aliphatic carbocycles. The first-order valence-corrected chi connectivity index (χ1v) is 27.2. The number of carbonyl (C=O) groups excluding carboxylic acids is 7. The lowest BCUT2D eigenvalue weighted by Crippen LogP contribution is -2.65. The number of nitrogens with zero attached hydrogens (tertiary/aromatic N) is 2. The van der Waals surface area contributed by atoms with E-state index >= 15 is 0 Å². The number of esters is 6. The number of non-ortho nitro benzene ring substituents is 1. The molecule has 4 rings (SSSR count). The number of ether oxygens (including phenoxy) is 12. The normalized spacial score (nSPS) is 32.7. The largest absolute Gasteiger partial charge is 0.463 e. The summed E-state index contributed by atoms with van der Waals surface area (Å²) >= 11 is 0. The van der Waals surface area contributed by atoms with E-state index in [1.807, 2.05) is 0 Å². The average molecular weight is 1140 g/mol. The van der Waals surface area contributed by atoms with Gasteiger partial charge in [-0.2, -0.15) is 0 Å². The van der Waals surface area contributed by atoms with Gasteiger partial charge in [0.1, 0.15) is 30.5 Å². The van der Waals surface area contributed by atoms with Gasteiger partial charge in [0.2, 0.25) is 0 Å². The maximum atomic E-state index is 14.7. The molecule has 0 unspecified atom stereocenters. The molecule has 23 heteroatoms. The zero-order valence-corrected chi connectivity index (χ0v) is 48.9. The number of likely N-dealkylation sites (N-methyl/N-ethyl adjacent to an activating group) is 1. The molecule has 450 valence electrons. The predicted octanol–water partition coefficient (Wildman–Crippen LogP) is 6.37. The molecule has 0 amide bonds. The second-order valence-corrected chi connectivity index (χ2v) is 20.7. The van der Waals surface area contributed by atoms with Crippen LogP contribution in [0.25, 0.3) is 6.08 Å². The van der Waals surface area contributed by atoms with E-state index in [9.17, 15) is 43.7 Å². The van der Waals surface area contributed by atoms with Crippen LogP contribution in [0.4, 0.5) is 5.69 Å². The minimum Gasteiger partial charge on any atom is -0.463 e. The first kappa shape index (κ1) is 67.3. The van der Waals surface area contributed by atoms with Crippen molar-refractivity contribution in [3.8, 4) is 0 Å². The number of cyclic esters (lactones) is 1. The Labute approximate surface area is 474 Å². The third-order valence-electron chi connectivity index (χ3n) is 14.3. The molecule has 0 N–H and O–H groups in total. The van der Waals surface area contributed by atoms with Crippen molar-refractivity contribution in [1.82, 2.24) is 4.90 Å². The van der Waals surface area contributed by atoms with Crippen LogP contribution in [0, 0.1) is 33.8 Å². The molecule has 23 nitrogen and oxygen atoms in total. The van der Waals surface area contributed by atoms with Crippen LogP contribution in [0.5, 0.6) is 0 Å². The summed E-state index contributed by atoms with van der Waals surface area (Å²) in [5, 5.41) is 11.4. The van der Waals surface area contributed by atoms with Crippen LogP contribution in [0.15, 0.2) is 66.3 Å². The van der Waals surface area contributed by atoms with Gasteiger partial charge in [-0.15, -0.1) is 0 Å². The molecule has 2 saturated heterocycles. The minimum absolute atomic E-state index is 0.0511. The van der Waals surface area contributed by atoms with E-state index in [1.165, 1.54) is 77.5 Å². The summed E-state index contributed by atoms with van der Waals surface area (Å²) in [5.74, 6) is -7.75. The summed E-state index contributed by atoms with van der Waals surface area (Å²) in [6.45, 7) is 15.7. The molecule has 0 saturated carbocycles. The van der Waals surface area contributed by atoms with Gasteiger partial charge in [0.05, 0.1) is 48.9 Å². The molecule has 2 fully saturated rings. The van der Waals surface area contributed by atoms with Crippen molar-refractivity contribution in [2.75, 3.05) is 41.5 Å². The van der Waals surface area contributed by atoms with Crippen LogP contribution in [-0.2, 0) is 90.4 Å². The van der Waals surface area contributed by atoms with Crippen molar-refractivity contribution >= 4 is 53.4 Å². The molecular formula is C58H82N2O21. The van der Waals surface area contributed by atoms with E-state index in [4.69, 9.17) is 56.8 Å². The number of rotatable bonds is 20. The zero-order chi connectivity index (χ0) is 60.2. The van der Waals surface area contributed by atoms with Crippen molar-refractivity contribution in [3.05, 3.63) is 82.0 Å². The smallest absolute Gasteiger partial charge is 0.331 e. The van der Waals surface area contributed by atoms with E-state index in [2.05, 4.69) is 0 Å². The Kier molecular flexibility index (Phi) is 26.9. The third kappa shape index (κ3) is 20.0. The molecule has 0 radical (unpaired) electrons. The van der Waals surface area contributed by atoms with Gasteiger partial charge in [0.25, 0.3) is 5.69 Å². The predicted molar refractivity (Wildman–Crippen MR) is 290 cm³/mol. The zero-order valence-electron chi connectivity index (χ0n) is 48.9. The lowest BCUT2D eigenvalue weighted by Gasteiger charge is -2.48. The highest BCUT2D eigenvalue weighted by atomic mass is 16.7. The Morgan fingerprint density at radius 3 is 1.95 bits per heavy atom. The fourth-order valence-corrected chi connectivity index (χ4v) is 10.3. The number of methoxy groups -OCH3 is 2. The highest BCUT2D eigenvalue weighted by Gasteiger charge is 2.52. The summed E-state index contributed by atoms with van der Waals surface area (Å²) in [4.78, 5) is 106. The van der Waals surface area contributed by atoms with Gasteiger partial charge >= 0.3 is 35.8 Å². The number of ketones is 1. The van der Waals surface area contributed by atoms with Crippen molar-refractivity contribution in [1.29, 1.82) is 0 Å². The van der Waals surface area contributed by atoms with Crippen LogP contribution in [0.1, 0.15) is 100 Å². The van der Waals surface area contributed by atoms with E-state index in [0.717, 1.165) is 6.08 Å². The molecule has 81 heavy (non-hydrogen) atoms. The van der Waals surface area contributed by atoms with Crippen molar-refractivity contribution in [2.24, 2.45) is 23.7 Å². The highest BCUT2D eigenvalue weighted by Crippen LogP contribution is 2.38. The molecular weight excluding hydrogens is 1060 g/mol. The van der Waals surface area contributed by atoms with Gasteiger partial charge in [-0.1, -0.05) is 44.6 Å². The lowest BCUT2D eigenvalue weighted by molar-refractivity contribution is -0.384. The number of hydrogen-bond acceptors (Lipinski definition) is 22. The monoisotopic (exact) mass is 1140 g/mol. The highest BCUT2D eigenvalue weighted by molar-refractivity contribution is 5.92. The van der Waals surface area contributed by atoms with Gasteiger partial charge in [-0.3, -0.25) is 39.0 Å². The van der Waals surface area contributed by atoms with Crippen LogP contribution >= 0.6 is 0 Å². The van der Waals surface area contributed by atoms with Crippen molar-refractivity contribution in [2.45, 2.75) is 175 Å².